The summed E-state index contributed by atoms with van der Waals surface area (Å²) in [6, 6.07) is 12.1. The van der Waals surface area contributed by atoms with Crippen LogP contribution >= 0.6 is 11.3 Å². The molecule has 1 aliphatic rings. The molecule has 3 heterocycles. The predicted octanol–water partition coefficient (Wildman–Crippen LogP) is 5.08. The number of aryl methyl sites for hydroxylation is 2. The van der Waals surface area contributed by atoms with Gasteiger partial charge in [-0.1, -0.05) is 24.3 Å². The van der Waals surface area contributed by atoms with Gasteiger partial charge in [0.25, 0.3) is 5.91 Å². The van der Waals surface area contributed by atoms with Crippen molar-refractivity contribution in [2.75, 3.05) is 19.1 Å². The van der Waals surface area contributed by atoms with E-state index in [0.717, 1.165) is 10.6 Å². The Kier molecular flexibility index (Phi) is 6.04. The third-order valence-corrected chi connectivity index (χ3v) is 7.35. The molecule has 188 valence electrons. The van der Waals surface area contributed by atoms with Gasteiger partial charge in [-0.05, 0) is 43.7 Å². The van der Waals surface area contributed by atoms with E-state index in [0.29, 0.717) is 33.0 Å². The number of esters is 1. The average Bonchev–Trinajstić information content (AvgIpc) is 3.57. The van der Waals surface area contributed by atoms with Gasteiger partial charge in [0.1, 0.15) is 0 Å². The molecule has 5 rings (SSSR count). The Morgan fingerprint density at radius 1 is 1.11 bits per heavy atom. The van der Waals surface area contributed by atoms with Crippen LogP contribution in [0, 0.1) is 13.8 Å². The number of carbonyl (C=O) groups excluding carboxylic acids is 3. The highest BCUT2D eigenvalue weighted by molar-refractivity contribution is 7.15. The molecule has 4 aromatic rings. The quantitative estimate of drug-likeness (QED) is 0.277. The van der Waals surface area contributed by atoms with Crippen molar-refractivity contribution in [3.05, 3.63) is 87.3 Å². The van der Waals surface area contributed by atoms with E-state index in [-0.39, 0.29) is 11.3 Å². The number of aliphatic hydroxyl groups is 1. The second kappa shape index (κ2) is 9.21. The lowest BCUT2D eigenvalue weighted by Gasteiger charge is -2.24. The predicted molar refractivity (Wildman–Crippen MR) is 136 cm³/mol. The molecule has 2 aromatic heterocycles. The molecule has 0 bridgehead atoms. The standard InChI is InChI=1S/C27H22N2O7S/c1-13-14(2)37-27(28-13)29-21(15-8-10-16(11-9-15)26(33)35-4)20(23(31)25(29)32)22(30)19-12-17-6-5-7-18(34-3)24(17)36-19/h5-12,21,31H,1-4H3. The minimum absolute atomic E-state index is 0.0571. The van der Waals surface area contributed by atoms with Gasteiger partial charge in [0, 0.05) is 10.3 Å². The fourth-order valence-corrected chi connectivity index (χ4v) is 5.21. The number of aromatic nitrogens is 1. The average molecular weight is 519 g/mol. The first-order valence-corrected chi connectivity index (χ1v) is 12.1. The first kappa shape index (κ1) is 24.3. The molecule has 1 amide bonds. The summed E-state index contributed by atoms with van der Waals surface area (Å²) in [6.07, 6.45) is 0. The SMILES string of the molecule is COC(=O)c1ccc(C2C(C(=O)c3cc4cccc(OC)c4o3)=C(O)C(=O)N2c2nc(C)c(C)s2)cc1. The van der Waals surface area contributed by atoms with Crippen molar-refractivity contribution in [1.82, 2.24) is 4.98 Å². The highest BCUT2D eigenvalue weighted by atomic mass is 32.1. The Balaban J connectivity index is 1.65. The van der Waals surface area contributed by atoms with Crippen molar-refractivity contribution in [3.8, 4) is 5.75 Å². The Labute approximate surface area is 215 Å². The summed E-state index contributed by atoms with van der Waals surface area (Å²) in [5.74, 6) is -2.24. The van der Waals surface area contributed by atoms with Crippen LogP contribution in [0.1, 0.15) is 43.1 Å². The number of rotatable bonds is 6. The van der Waals surface area contributed by atoms with E-state index >= 15 is 0 Å². The monoisotopic (exact) mass is 518 g/mol. The second-order valence-electron chi connectivity index (χ2n) is 8.41. The maximum absolute atomic E-state index is 13.8. The van der Waals surface area contributed by atoms with Gasteiger partial charge in [-0.25, -0.2) is 9.78 Å². The molecular formula is C27H22N2O7S. The first-order chi connectivity index (χ1) is 17.7. The van der Waals surface area contributed by atoms with Crippen LogP contribution < -0.4 is 9.64 Å². The number of aliphatic hydroxyl groups excluding tert-OH is 1. The maximum atomic E-state index is 13.8. The molecule has 1 N–H and O–H groups in total. The van der Waals surface area contributed by atoms with Crippen LogP contribution in [0.15, 0.2) is 64.3 Å². The van der Waals surface area contributed by atoms with Crippen LogP contribution in [0.4, 0.5) is 5.13 Å². The summed E-state index contributed by atoms with van der Waals surface area (Å²) >= 11 is 1.28. The molecule has 2 aromatic carbocycles. The van der Waals surface area contributed by atoms with Crippen molar-refractivity contribution in [3.63, 3.8) is 0 Å². The molecule has 0 saturated carbocycles. The summed E-state index contributed by atoms with van der Waals surface area (Å²) in [7, 11) is 2.77. The molecule has 1 aliphatic heterocycles. The zero-order valence-electron chi connectivity index (χ0n) is 20.4. The van der Waals surface area contributed by atoms with E-state index in [1.165, 1.54) is 42.6 Å². The Hall–Kier alpha value is -4.44. The van der Waals surface area contributed by atoms with Gasteiger partial charge >= 0.3 is 5.97 Å². The van der Waals surface area contributed by atoms with Gasteiger partial charge < -0.3 is 19.0 Å². The van der Waals surface area contributed by atoms with Crippen LogP contribution in [0.25, 0.3) is 11.0 Å². The molecule has 1 atom stereocenters. The lowest BCUT2D eigenvalue weighted by Crippen LogP contribution is -2.31. The smallest absolute Gasteiger partial charge is 0.337 e. The van der Waals surface area contributed by atoms with E-state index in [2.05, 4.69) is 4.98 Å². The van der Waals surface area contributed by atoms with E-state index in [4.69, 9.17) is 13.9 Å². The fourth-order valence-electron chi connectivity index (χ4n) is 4.27. The fraction of sp³-hybridized carbons (Fsp3) is 0.185. The molecule has 0 saturated heterocycles. The van der Waals surface area contributed by atoms with E-state index in [1.807, 2.05) is 13.8 Å². The number of thiazole rings is 1. The van der Waals surface area contributed by atoms with Crippen molar-refractivity contribution < 1.29 is 33.4 Å². The number of benzene rings is 2. The Bertz CT molecular complexity index is 1580. The third kappa shape index (κ3) is 3.95. The van der Waals surface area contributed by atoms with Crippen LogP contribution in [0.3, 0.4) is 0 Å². The number of amides is 1. The number of Topliss-reactive ketones (excluding diaryl/α,β-unsaturated/α-hetero) is 1. The highest BCUT2D eigenvalue weighted by Gasteiger charge is 2.46. The number of fused-ring (bicyclic) bond motifs is 1. The molecule has 0 fully saturated rings. The minimum atomic E-state index is -1.01. The summed E-state index contributed by atoms with van der Waals surface area (Å²) in [5.41, 5.74) is 1.75. The first-order valence-electron chi connectivity index (χ1n) is 11.2. The van der Waals surface area contributed by atoms with Crippen LogP contribution in [-0.4, -0.2) is 42.0 Å². The number of ketones is 1. The summed E-state index contributed by atoms with van der Waals surface area (Å²) in [4.78, 5) is 45.8. The number of hydrogen-bond acceptors (Lipinski definition) is 9. The largest absolute Gasteiger partial charge is 0.503 e. The molecule has 1 unspecified atom stereocenters. The molecule has 0 aliphatic carbocycles. The number of methoxy groups -OCH3 is 2. The van der Waals surface area contributed by atoms with Gasteiger partial charge in [0.15, 0.2) is 28.0 Å². The van der Waals surface area contributed by atoms with E-state index in [9.17, 15) is 19.5 Å². The zero-order valence-corrected chi connectivity index (χ0v) is 21.2. The summed E-state index contributed by atoms with van der Waals surface area (Å²) in [5, 5.41) is 12.0. The van der Waals surface area contributed by atoms with E-state index < -0.39 is 29.5 Å². The summed E-state index contributed by atoms with van der Waals surface area (Å²) in [6.45, 7) is 3.69. The van der Waals surface area contributed by atoms with Gasteiger partial charge in [-0.3, -0.25) is 14.5 Å². The topological polar surface area (TPSA) is 119 Å². The van der Waals surface area contributed by atoms with Crippen molar-refractivity contribution in [2.45, 2.75) is 19.9 Å². The molecule has 0 spiro atoms. The van der Waals surface area contributed by atoms with Crippen molar-refractivity contribution in [1.29, 1.82) is 0 Å². The van der Waals surface area contributed by atoms with Gasteiger partial charge in [-0.2, -0.15) is 0 Å². The van der Waals surface area contributed by atoms with Crippen molar-refractivity contribution in [2.24, 2.45) is 0 Å². The number of nitrogens with zero attached hydrogens (tertiary/aromatic N) is 2. The minimum Gasteiger partial charge on any atom is -0.503 e. The second-order valence-corrected chi connectivity index (χ2v) is 9.59. The number of ether oxygens (including phenoxy) is 2. The molecular weight excluding hydrogens is 496 g/mol. The molecule has 0 radical (unpaired) electrons. The highest BCUT2D eigenvalue weighted by Crippen LogP contribution is 2.44. The Morgan fingerprint density at radius 2 is 1.84 bits per heavy atom. The normalized spacial score (nSPS) is 15.5. The lowest BCUT2D eigenvalue weighted by molar-refractivity contribution is -0.117. The van der Waals surface area contributed by atoms with E-state index in [1.54, 1.807) is 36.4 Å². The number of carbonyl (C=O) groups is 3. The third-order valence-electron chi connectivity index (χ3n) is 6.28. The van der Waals surface area contributed by atoms with Crippen LogP contribution in [0.5, 0.6) is 5.75 Å². The van der Waals surface area contributed by atoms with Crippen molar-refractivity contribution >= 4 is 45.1 Å². The number of para-hydroxylation sites is 1. The van der Waals surface area contributed by atoms with Gasteiger partial charge in [0.2, 0.25) is 5.78 Å². The molecule has 37 heavy (non-hydrogen) atoms. The molecule has 10 heteroatoms. The number of furan rings is 1. The summed E-state index contributed by atoms with van der Waals surface area (Å²) < 4.78 is 15.9. The van der Waals surface area contributed by atoms with Gasteiger partial charge in [-0.15, -0.1) is 11.3 Å². The lowest BCUT2D eigenvalue weighted by atomic mass is 9.94. The Morgan fingerprint density at radius 3 is 2.46 bits per heavy atom. The number of anilines is 1. The van der Waals surface area contributed by atoms with Gasteiger partial charge in [0.05, 0.1) is 37.1 Å². The molecule has 9 nitrogen and oxygen atoms in total. The van der Waals surface area contributed by atoms with Crippen LogP contribution in [-0.2, 0) is 9.53 Å². The zero-order chi connectivity index (χ0) is 26.4. The number of hydrogen-bond donors (Lipinski definition) is 1. The van der Waals surface area contributed by atoms with Crippen LogP contribution in [0.2, 0.25) is 0 Å². The maximum Gasteiger partial charge on any atom is 0.337 e.